The van der Waals surface area contributed by atoms with E-state index in [2.05, 4.69) is 12.8 Å². The third-order valence-corrected chi connectivity index (χ3v) is 6.96. The van der Waals surface area contributed by atoms with Crippen molar-refractivity contribution in [3.8, 4) is 0 Å². The van der Waals surface area contributed by atoms with Crippen LogP contribution in [0.3, 0.4) is 0 Å². The summed E-state index contributed by atoms with van der Waals surface area (Å²) in [7, 11) is 0. The van der Waals surface area contributed by atoms with Crippen LogP contribution in [0.15, 0.2) is 0 Å². The van der Waals surface area contributed by atoms with Crippen LogP contribution in [0, 0.1) is 24.7 Å². The van der Waals surface area contributed by atoms with E-state index in [4.69, 9.17) is 0 Å². The molecule has 0 aromatic rings. The average Bonchev–Trinajstić information content (AvgIpc) is 2.59. The van der Waals surface area contributed by atoms with Crippen LogP contribution in [0.2, 0.25) is 0 Å². The summed E-state index contributed by atoms with van der Waals surface area (Å²) in [6.07, 6.45) is 37.8. The highest BCUT2D eigenvalue weighted by atomic mass is 14.2. The number of rotatable bonds is 11. The first-order valence-electron chi connectivity index (χ1n) is 12.6. The van der Waals surface area contributed by atoms with Gasteiger partial charge in [0.1, 0.15) is 0 Å². The lowest BCUT2D eigenvalue weighted by Gasteiger charge is -2.19. The van der Waals surface area contributed by atoms with Crippen molar-refractivity contribution in [2.24, 2.45) is 11.8 Å². The highest BCUT2D eigenvalue weighted by Crippen LogP contribution is 2.27. The highest BCUT2D eigenvalue weighted by molar-refractivity contribution is 4.78. The van der Waals surface area contributed by atoms with Crippen LogP contribution < -0.4 is 0 Å². The van der Waals surface area contributed by atoms with E-state index in [1.54, 1.807) is 0 Å². The molecule has 0 atom stereocenters. The van der Waals surface area contributed by atoms with E-state index in [-0.39, 0.29) is 0 Å². The van der Waals surface area contributed by atoms with Crippen molar-refractivity contribution < 1.29 is 0 Å². The van der Waals surface area contributed by atoms with Crippen LogP contribution in [-0.4, -0.2) is 0 Å². The fraction of sp³-hybridized carbons (Fsp3) is 0.923. The lowest BCUT2D eigenvalue weighted by Crippen LogP contribution is -2.04. The van der Waals surface area contributed by atoms with Gasteiger partial charge in [-0.05, 0) is 37.5 Å². The van der Waals surface area contributed by atoms with Gasteiger partial charge in [-0.1, -0.05) is 128 Å². The molecular formula is C26H48. The minimum absolute atomic E-state index is 0.958. The molecular weight excluding hydrogens is 312 g/mol. The summed E-state index contributed by atoms with van der Waals surface area (Å²) >= 11 is 0. The Hall–Kier alpha value is 0. The van der Waals surface area contributed by atoms with Crippen LogP contribution in [0.25, 0.3) is 0 Å². The molecule has 2 aliphatic rings. The van der Waals surface area contributed by atoms with Crippen molar-refractivity contribution in [2.75, 3.05) is 0 Å². The van der Waals surface area contributed by atoms with Gasteiger partial charge in [-0.3, -0.25) is 0 Å². The van der Waals surface area contributed by atoms with Gasteiger partial charge >= 0.3 is 0 Å². The topological polar surface area (TPSA) is 0 Å². The third kappa shape index (κ3) is 11.7. The minimum Gasteiger partial charge on any atom is -0.0533 e. The van der Waals surface area contributed by atoms with Gasteiger partial charge in [0.05, 0.1) is 0 Å². The first-order valence-corrected chi connectivity index (χ1v) is 12.6. The van der Waals surface area contributed by atoms with Crippen LogP contribution >= 0.6 is 0 Å². The first-order chi connectivity index (χ1) is 12.9. The van der Waals surface area contributed by atoms with Crippen molar-refractivity contribution >= 4 is 0 Å². The van der Waals surface area contributed by atoms with Crippen molar-refractivity contribution in [1.29, 1.82) is 0 Å². The number of hydrogen-bond acceptors (Lipinski definition) is 0. The zero-order valence-corrected chi connectivity index (χ0v) is 17.9. The average molecular weight is 361 g/mol. The smallest absolute Gasteiger partial charge is 0.0355 e. The van der Waals surface area contributed by atoms with E-state index in [0.29, 0.717) is 0 Å². The first kappa shape index (κ1) is 22.3. The summed E-state index contributed by atoms with van der Waals surface area (Å²) in [5, 5.41) is 0. The maximum absolute atomic E-state index is 2.69. The van der Waals surface area contributed by atoms with Gasteiger partial charge in [0, 0.05) is 0 Å². The minimum atomic E-state index is 0.958. The van der Waals surface area contributed by atoms with Gasteiger partial charge in [-0.2, -0.15) is 0 Å². The molecule has 0 aliphatic heterocycles. The fourth-order valence-electron chi connectivity index (χ4n) is 5.15. The van der Waals surface area contributed by atoms with Crippen LogP contribution in [0.4, 0.5) is 0 Å². The van der Waals surface area contributed by atoms with Gasteiger partial charge in [-0.25, -0.2) is 0 Å². The second-order valence-electron chi connectivity index (χ2n) is 9.38. The third-order valence-electron chi connectivity index (χ3n) is 6.96. The number of hydrogen-bond donors (Lipinski definition) is 0. The van der Waals surface area contributed by atoms with Crippen LogP contribution in [-0.2, 0) is 0 Å². The van der Waals surface area contributed by atoms with Gasteiger partial charge in [0.25, 0.3) is 0 Å². The molecule has 152 valence electrons. The lowest BCUT2D eigenvalue weighted by molar-refractivity contribution is 0.403. The molecule has 2 aliphatic carbocycles. The Morgan fingerprint density at radius 1 is 0.385 bits per heavy atom. The van der Waals surface area contributed by atoms with Crippen molar-refractivity contribution in [3.63, 3.8) is 0 Å². The van der Waals surface area contributed by atoms with Gasteiger partial charge in [0.2, 0.25) is 0 Å². The normalized spacial score (nSPS) is 21.7. The summed E-state index contributed by atoms with van der Waals surface area (Å²) in [5.74, 6) is 1.92. The SMILES string of the molecule is [CH](CCCCCCCC[CH]C1CCCCCCC1)C1CCCCCCC1. The summed E-state index contributed by atoms with van der Waals surface area (Å²) in [4.78, 5) is 0. The second kappa shape index (κ2) is 16.0. The van der Waals surface area contributed by atoms with E-state index < -0.39 is 0 Å². The molecule has 0 nitrogen and oxygen atoms in total. The highest BCUT2D eigenvalue weighted by Gasteiger charge is 2.12. The number of unbranched alkanes of at least 4 members (excludes halogenated alkanes) is 7. The van der Waals surface area contributed by atoms with Crippen LogP contribution in [0.1, 0.15) is 141 Å². The lowest BCUT2D eigenvalue weighted by atomic mass is 9.87. The predicted octanol–water partition coefficient (Wildman–Crippen LogP) is 9.24. The maximum atomic E-state index is 2.69. The Labute approximate surface area is 166 Å². The molecule has 2 saturated carbocycles. The molecule has 0 N–H and O–H groups in total. The fourth-order valence-corrected chi connectivity index (χ4v) is 5.15. The molecule has 0 spiro atoms. The molecule has 0 saturated heterocycles. The Balaban J connectivity index is 1.33. The second-order valence-corrected chi connectivity index (χ2v) is 9.38. The van der Waals surface area contributed by atoms with Gasteiger partial charge in [-0.15, -0.1) is 0 Å². The van der Waals surface area contributed by atoms with E-state index in [9.17, 15) is 0 Å². The monoisotopic (exact) mass is 360 g/mol. The molecule has 0 bridgehead atoms. The summed E-state index contributed by atoms with van der Waals surface area (Å²) < 4.78 is 0. The Kier molecular flexibility index (Phi) is 13.7. The van der Waals surface area contributed by atoms with E-state index in [1.807, 2.05) is 0 Å². The molecule has 0 aromatic heterocycles. The summed E-state index contributed by atoms with van der Waals surface area (Å²) in [6.45, 7) is 0. The molecule has 0 heteroatoms. The molecule has 0 amide bonds. The molecule has 2 fully saturated rings. The Morgan fingerprint density at radius 2 is 0.692 bits per heavy atom. The standard InChI is InChI=1S/C26H48/c1(3-7-13-19-25-21-15-9-5-10-16-22-25)2-4-8-14-20-26-23-17-11-6-12-18-24-26/h19-20,25-26H,1-18,21-24H2. The van der Waals surface area contributed by atoms with Crippen molar-refractivity contribution in [1.82, 2.24) is 0 Å². The summed E-state index contributed by atoms with van der Waals surface area (Å²) in [5.41, 5.74) is 0. The molecule has 0 heterocycles. The zero-order valence-electron chi connectivity index (χ0n) is 17.9. The van der Waals surface area contributed by atoms with E-state index >= 15 is 0 Å². The van der Waals surface area contributed by atoms with Gasteiger partial charge < -0.3 is 0 Å². The molecule has 0 aromatic carbocycles. The van der Waals surface area contributed by atoms with E-state index in [1.165, 1.54) is 141 Å². The molecule has 26 heavy (non-hydrogen) atoms. The molecule has 0 unspecified atom stereocenters. The maximum Gasteiger partial charge on any atom is -0.0355 e. The Bertz CT molecular complexity index is 248. The molecule has 2 radical (unpaired) electrons. The van der Waals surface area contributed by atoms with Gasteiger partial charge in [0.15, 0.2) is 0 Å². The quantitative estimate of drug-likeness (QED) is 0.322. The van der Waals surface area contributed by atoms with Crippen molar-refractivity contribution in [2.45, 2.75) is 141 Å². The van der Waals surface area contributed by atoms with E-state index in [0.717, 1.165) is 11.8 Å². The molecule has 2 rings (SSSR count). The zero-order chi connectivity index (χ0) is 18.1. The predicted molar refractivity (Wildman–Crippen MR) is 117 cm³/mol. The van der Waals surface area contributed by atoms with Crippen molar-refractivity contribution in [3.05, 3.63) is 12.8 Å². The Morgan fingerprint density at radius 3 is 1.08 bits per heavy atom. The van der Waals surface area contributed by atoms with Crippen LogP contribution in [0.5, 0.6) is 0 Å². The largest absolute Gasteiger partial charge is 0.0533 e. The summed E-state index contributed by atoms with van der Waals surface area (Å²) in [6, 6.07) is 0.